The number of allylic oxidation sites excluding steroid dienone is 3. The molecule has 1 aliphatic rings. The SMILES string of the molecule is CNC(=O)/C(=N/OC)C1=C(C#Cc2ccccc2)CC(C)=C(C)C1. The molecule has 0 saturated heterocycles. The van der Waals surface area contributed by atoms with E-state index in [0.717, 1.165) is 23.1 Å². The van der Waals surface area contributed by atoms with Gasteiger partial charge in [-0.25, -0.2) is 0 Å². The fraction of sp³-hybridized carbons (Fsp3) is 0.300. The van der Waals surface area contributed by atoms with E-state index >= 15 is 0 Å². The Hall–Kier alpha value is -2.80. The van der Waals surface area contributed by atoms with Gasteiger partial charge in [-0.1, -0.05) is 46.3 Å². The second kappa shape index (κ2) is 8.16. The standard InChI is InChI=1S/C20H22N2O2/c1-14-12-17(11-10-16-8-6-5-7-9-16)18(13-15(14)2)19(22-24-4)20(23)21-3/h5-9H,12-13H2,1-4H3,(H,21,23)/b22-19+. The van der Waals surface area contributed by atoms with Gasteiger partial charge in [-0.2, -0.15) is 0 Å². The van der Waals surface area contributed by atoms with Crippen molar-refractivity contribution in [1.29, 1.82) is 0 Å². The van der Waals surface area contributed by atoms with E-state index in [-0.39, 0.29) is 5.91 Å². The molecule has 0 unspecified atom stereocenters. The van der Waals surface area contributed by atoms with Gasteiger partial charge in [0, 0.05) is 30.2 Å². The van der Waals surface area contributed by atoms with Gasteiger partial charge in [-0.3, -0.25) is 4.79 Å². The maximum absolute atomic E-state index is 12.2. The molecule has 1 N–H and O–H groups in total. The quantitative estimate of drug-likeness (QED) is 0.402. The molecule has 1 aromatic rings. The topological polar surface area (TPSA) is 50.7 Å². The van der Waals surface area contributed by atoms with Gasteiger partial charge in [-0.05, 0) is 32.4 Å². The molecule has 4 heteroatoms. The Kier molecular flexibility index (Phi) is 5.97. The van der Waals surface area contributed by atoms with Gasteiger partial charge in [0.15, 0.2) is 5.71 Å². The number of nitrogens with zero attached hydrogens (tertiary/aromatic N) is 1. The lowest BCUT2D eigenvalue weighted by Gasteiger charge is -2.20. The minimum absolute atomic E-state index is 0.266. The zero-order valence-electron chi connectivity index (χ0n) is 14.6. The molecular weight excluding hydrogens is 300 g/mol. The Labute approximate surface area is 143 Å². The van der Waals surface area contributed by atoms with Crippen LogP contribution in [0.3, 0.4) is 0 Å². The van der Waals surface area contributed by atoms with Gasteiger partial charge in [0.05, 0.1) is 0 Å². The van der Waals surface area contributed by atoms with Gasteiger partial charge < -0.3 is 10.2 Å². The van der Waals surface area contributed by atoms with Crippen LogP contribution in [0.4, 0.5) is 0 Å². The fourth-order valence-electron chi connectivity index (χ4n) is 2.50. The average Bonchev–Trinajstić information content (AvgIpc) is 2.60. The number of nitrogens with one attached hydrogen (secondary N) is 1. The lowest BCUT2D eigenvalue weighted by Crippen LogP contribution is -2.30. The normalized spacial score (nSPS) is 14.9. The first-order chi connectivity index (χ1) is 11.6. The number of carbonyl (C=O) groups is 1. The van der Waals surface area contributed by atoms with E-state index in [0.29, 0.717) is 12.1 Å². The van der Waals surface area contributed by atoms with Crippen molar-refractivity contribution in [3.63, 3.8) is 0 Å². The van der Waals surface area contributed by atoms with Gasteiger partial charge in [0.1, 0.15) is 7.11 Å². The van der Waals surface area contributed by atoms with E-state index in [2.05, 4.69) is 36.2 Å². The van der Waals surface area contributed by atoms with Crippen LogP contribution in [0.1, 0.15) is 32.3 Å². The van der Waals surface area contributed by atoms with Crippen molar-refractivity contribution in [1.82, 2.24) is 5.32 Å². The number of amides is 1. The summed E-state index contributed by atoms with van der Waals surface area (Å²) >= 11 is 0. The Bertz CT molecular complexity index is 775. The van der Waals surface area contributed by atoms with Crippen LogP contribution in [0, 0.1) is 11.8 Å². The molecule has 0 atom stereocenters. The van der Waals surface area contributed by atoms with Crippen LogP contribution in [0.15, 0.2) is 57.8 Å². The minimum atomic E-state index is -0.266. The fourth-order valence-corrected chi connectivity index (χ4v) is 2.50. The van der Waals surface area contributed by atoms with Gasteiger partial charge >= 0.3 is 0 Å². The number of carbonyl (C=O) groups excluding carboxylic acids is 1. The average molecular weight is 322 g/mol. The van der Waals surface area contributed by atoms with Crippen molar-refractivity contribution >= 4 is 11.6 Å². The Morgan fingerprint density at radius 1 is 1.12 bits per heavy atom. The highest BCUT2D eigenvalue weighted by Crippen LogP contribution is 2.30. The molecular formula is C20H22N2O2. The van der Waals surface area contributed by atoms with Crippen molar-refractivity contribution in [2.75, 3.05) is 14.2 Å². The molecule has 0 aliphatic heterocycles. The predicted molar refractivity (Wildman–Crippen MR) is 96.5 cm³/mol. The Morgan fingerprint density at radius 2 is 1.79 bits per heavy atom. The van der Waals surface area contributed by atoms with Crippen molar-refractivity contribution in [2.45, 2.75) is 26.7 Å². The number of benzene rings is 1. The monoisotopic (exact) mass is 322 g/mol. The van der Waals surface area contributed by atoms with E-state index in [1.807, 2.05) is 30.3 Å². The second-order valence-electron chi connectivity index (χ2n) is 5.69. The summed E-state index contributed by atoms with van der Waals surface area (Å²) in [5.41, 5.74) is 5.51. The molecule has 1 amide bonds. The van der Waals surface area contributed by atoms with Crippen LogP contribution >= 0.6 is 0 Å². The Morgan fingerprint density at radius 3 is 2.42 bits per heavy atom. The van der Waals surface area contributed by atoms with Crippen LogP contribution in [-0.2, 0) is 9.63 Å². The van der Waals surface area contributed by atoms with E-state index < -0.39 is 0 Å². The predicted octanol–water partition coefficient (Wildman–Crippen LogP) is 3.21. The van der Waals surface area contributed by atoms with E-state index in [4.69, 9.17) is 4.84 Å². The third kappa shape index (κ3) is 4.14. The Balaban J connectivity index is 2.49. The minimum Gasteiger partial charge on any atom is -0.398 e. The summed E-state index contributed by atoms with van der Waals surface area (Å²) in [5.74, 6) is 6.15. The molecule has 1 aromatic carbocycles. The maximum Gasteiger partial charge on any atom is 0.273 e. The molecule has 1 aliphatic carbocycles. The van der Waals surface area contributed by atoms with Crippen molar-refractivity contribution in [2.24, 2.45) is 5.16 Å². The molecule has 0 heterocycles. The number of hydrogen-bond donors (Lipinski definition) is 1. The zero-order valence-corrected chi connectivity index (χ0v) is 14.6. The van der Waals surface area contributed by atoms with Crippen LogP contribution in [-0.4, -0.2) is 25.8 Å². The highest BCUT2D eigenvalue weighted by Gasteiger charge is 2.24. The summed E-state index contributed by atoms with van der Waals surface area (Å²) in [4.78, 5) is 17.1. The van der Waals surface area contributed by atoms with Crippen LogP contribution in [0.5, 0.6) is 0 Å². The van der Waals surface area contributed by atoms with E-state index in [1.165, 1.54) is 18.3 Å². The number of oxime groups is 1. The van der Waals surface area contributed by atoms with Crippen LogP contribution < -0.4 is 5.32 Å². The van der Waals surface area contributed by atoms with Gasteiger partial charge in [0.2, 0.25) is 0 Å². The maximum atomic E-state index is 12.2. The molecule has 0 bridgehead atoms. The first-order valence-corrected chi connectivity index (χ1v) is 7.84. The lowest BCUT2D eigenvalue weighted by atomic mass is 9.85. The molecule has 124 valence electrons. The molecule has 0 spiro atoms. The summed E-state index contributed by atoms with van der Waals surface area (Å²) in [6.45, 7) is 4.17. The van der Waals surface area contributed by atoms with Crippen LogP contribution in [0.25, 0.3) is 0 Å². The summed E-state index contributed by atoms with van der Waals surface area (Å²) in [5, 5.41) is 6.56. The van der Waals surface area contributed by atoms with Crippen molar-refractivity contribution in [3.8, 4) is 11.8 Å². The molecule has 0 radical (unpaired) electrons. The first-order valence-electron chi connectivity index (χ1n) is 7.84. The van der Waals surface area contributed by atoms with Crippen LogP contribution in [0.2, 0.25) is 0 Å². The summed E-state index contributed by atoms with van der Waals surface area (Å²) in [6, 6.07) is 9.80. The number of rotatable bonds is 3. The highest BCUT2D eigenvalue weighted by atomic mass is 16.6. The number of hydrogen-bond acceptors (Lipinski definition) is 3. The summed E-state index contributed by atoms with van der Waals surface area (Å²) < 4.78 is 0. The summed E-state index contributed by atoms with van der Waals surface area (Å²) in [7, 11) is 3.02. The largest absolute Gasteiger partial charge is 0.398 e. The molecule has 0 aromatic heterocycles. The van der Waals surface area contributed by atoms with Crippen molar-refractivity contribution in [3.05, 3.63) is 58.2 Å². The highest BCUT2D eigenvalue weighted by molar-refractivity contribution is 6.45. The lowest BCUT2D eigenvalue weighted by molar-refractivity contribution is -0.114. The van der Waals surface area contributed by atoms with E-state index in [1.54, 1.807) is 7.05 Å². The van der Waals surface area contributed by atoms with Gasteiger partial charge in [-0.15, -0.1) is 0 Å². The molecule has 2 rings (SSSR count). The molecule has 0 fully saturated rings. The zero-order chi connectivity index (χ0) is 17.5. The van der Waals surface area contributed by atoms with Gasteiger partial charge in [0.25, 0.3) is 5.91 Å². The first kappa shape index (κ1) is 17.6. The summed E-state index contributed by atoms with van der Waals surface area (Å²) in [6.07, 6.45) is 1.38. The molecule has 4 nitrogen and oxygen atoms in total. The van der Waals surface area contributed by atoms with E-state index in [9.17, 15) is 4.79 Å². The smallest absolute Gasteiger partial charge is 0.273 e. The van der Waals surface area contributed by atoms with Crippen molar-refractivity contribution < 1.29 is 9.63 Å². The molecule has 24 heavy (non-hydrogen) atoms. The second-order valence-corrected chi connectivity index (χ2v) is 5.69. The third-order valence-electron chi connectivity index (χ3n) is 4.02. The third-order valence-corrected chi connectivity index (χ3v) is 4.02. The molecule has 0 saturated carbocycles.